The summed E-state index contributed by atoms with van der Waals surface area (Å²) in [6.07, 6.45) is 5.27. The van der Waals surface area contributed by atoms with Gasteiger partial charge in [-0.25, -0.2) is 9.50 Å². The standard InChI is InChI=1S/C19H22N8O/c1-5-26-13(2)15(11-22-26)17-7-8-20-18-10-16(23-27(17)18)19(28)24(3)12-14-6-9-21-25(14)4/h6-11H,5,12H2,1-4H3. The van der Waals surface area contributed by atoms with E-state index in [1.165, 1.54) is 0 Å². The van der Waals surface area contributed by atoms with Gasteiger partial charge in [0.25, 0.3) is 5.91 Å². The van der Waals surface area contributed by atoms with Crippen molar-refractivity contribution in [1.82, 2.24) is 39.1 Å². The van der Waals surface area contributed by atoms with Crippen molar-refractivity contribution in [2.45, 2.75) is 26.9 Å². The van der Waals surface area contributed by atoms with Crippen LogP contribution in [0.1, 0.15) is 28.8 Å². The average Bonchev–Trinajstić information content (AvgIpc) is 3.39. The van der Waals surface area contributed by atoms with Crippen LogP contribution < -0.4 is 0 Å². The number of amides is 1. The zero-order valence-corrected chi connectivity index (χ0v) is 16.4. The Labute approximate surface area is 162 Å². The minimum absolute atomic E-state index is 0.168. The Bertz CT molecular complexity index is 1150. The Morgan fingerprint density at radius 3 is 2.71 bits per heavy atom. The maximum absolute atomic E-state index is 12.9. The summed E-state index contributed by atoms with van der Waals surface area (Å²) in [6.45, 7) is 5.32. The van der Waals surface area contributed by atoms with Gasteiger partial charge in [0.1, 0.15) is 0 Å². The van der Waals surface area contributed by atoms with Crippen LogP contribution in [0.15, 0.2) is 36.8 Å². The molecule has 0 unspecified atom stereocenters. The van der Waals surface area contributed by atoms with Gasteiger partial charge < -0.3 is 4.90 Å². The van der Waals surface area contributed by atoms with E-state index in [0.29, 0.717) is 17.9 Å². The molecule has 0 spiro atoms. The van der Waals surface area contributed by atoms with E-state index in [-0.39, 0.29) is 5.91 Å². The lowest BCUT2D eigenvalue weighted by atomic mass is 10.2. The molecule has 4 heterocycles. The van der Waals surface area contributed by atoms with Crippen molar-refractivity contribution in [3.8, 4) is 11.3 Å². The smallest absolute Gasteiger partial charge is 0.274 e. The SMILES string of the molecule is CCn1ncc(-c2ccnc3cc(C(=O)N(C)Cc4ccnn4C)nn23)c1C. The summed E-state index contributed by atoms with van der Waals surface area (Å²) < 4.78 is 5.38. The van der Waals surface area contributed by atoms with Gasteiger partial charge in [0, 0.05) is 50.4 Å². The lowest BCUT2D eigenvalue weighted by molar-refractivity contribution is 0.0776. The summed E-state index contributed by atoms with van der Waals surface area (Å²) in [7, 11) is 3.61. The van der Waals surface area contributed by atoms with Gasteiger partial charge in [0.2, 0.25) is 0 Å². The Balaban J connectivity index is 1.69. The van der Waals surface area contributed by atoms with Crippen LogP contribution in [0, 0.1) is 6.92 Å². The van der Waals surface area contributed by atoms with Crippen LogP contribution in [0.3, 0.4) is 0 Å². The summed E-state index contributed by atoms with van der Waals surface area (Å²) in [5.41, 5.74) is 4.80. The van der Waals surface area contributed by atoms with E-state index in [4.69, 9.17) is 0 Å². The molecule has 0 aliphatic carbocycles. The summed E-state index contributed by atoms with van der Waals surface area (Å²) >= 11 is 0. The van der Waals surface area contributed by atoms with Crippen LogP contribution >= 0.6 is 0 Å². The molecule has 4 aromatic rings. The first kappa shape index (κ1) is 17.9. The molecule has 0 fully saturated rings. The van der Waals surface area contributed by atoms with E-state index in [0.717, 1.165) is 29.2 Å². The van der Waals surface area contributed by atoms with E-state index in [2.05, 4.69) is 27.2 Å². The molecule has 1 amide bonds. The maximum Gasteiger partial charge on any atom is 0.274 e. The summed E-state index contributed by atoms with van der Waals surface area (Å²) in [5, 5.41) is 13.1. The van der Waals surface area contributed by atoms with E-state index < -0.39 is 0 Å². The molecule has 4 aromatic heterocycles. The molecule has 0 aliphatic rings. The maximum atomic E-state index is 12.9. The van der Waals surface area contributed by atoms with Crippen molar-refractivity contribution < 1.29 is 4.79 Å². The molecule has 0 aliphatic heterocycles. The zero-order valence-electron chi connectivity index (χ0n) is 16.4. The number of rotatable bonds is 5. The molecule has 9 heteroatoms. The van der Waals surface area contributed by atoms with Gasteiger partial charge in [0.15, 0.2) is 11.3 Å². The third-order valence-electron chi connectivity index (χ3n) is 4.92. The Morgan fingerprint density at radius 1 is 1.21 bits per heavy atom. The highest BCUT2D eigenvalue weighted by Gasteiger charge is 2.19. The van der Waals surface area contributed by atoms with Gasteiger partial charge >= 0.3 is 0 Å². The molecule has 0 N–H and O–H groups in total. The van der Waals surface area contributed by atoms with Gasteiger partial charge in [-0.2, -0.15) is 15.3 Å². The first-order valence-electron chi connectivity index (χ1n) is 9.09. The zero-order chi connectivity index (χ0) is 19.8. The highest BCUT2D eigenvalue weighted by atomic mass is 16.2. The molecule has 4 rings (SSSR count). The molecule has 144 valence electrons. The van der Waals surface area contributed by atoms with Crippen molar-refractivity contribution in [1.29, 1.82) is 0 Å². The van der Waals surface area contributed by atoms with Crippen molar-refractivity contribution >= 4 is 11.6 Å². The van der Waals surface area contributed by atoms with Gasteiger partial charge in [-0.05, 0) is 26.0 Å². The van der Waals surface area contributed by atoms with E-state index in [1.807, 2.05) is 37.0 Å². The van der Waals surface area contributed by atoms with E-state index in [9.17, 15) is 4.79 Å². The van der Waals surface area contributed by atoms with Crippen molar-refractivity contribution in [2.75, 3.05) is 7.05 Å². The number of nitrogens with zero attached hydrogens (tertiary/aromatic N) is 8. The monoisotopic (exact) mass is 378 g/mol. The van der Waals surface area contributed by atoms with Crippen molar-refractivity contribution in [2.24, 2.45) is 7.05 Å². The molecule has 0 saturated carbocycles. The lowest BCUT2D eigenvalue weighted by Gasteiger charge is -2.15. The van der Waals surface area contributed by atoms with Crippen LogP contribution in [-0.2, 0) is 20.1 Å². The van der Waals surface area contributed by atoms with Gasteiger partial charge in [-0.1, -0.05) is 0 Å². The fraction of sp³-hybridized carbons (Fsp3) is 0.316. The molecule has 0 bridgehead atoms. The molecule has 9 nitrogen and oxygen atoms in total. The highest BCUT2D eigenvalue weighted by molar-refractivity contribution is 5.93. The van der Waals surface area contributed by atoms with Crippen LogP contribution in [0.5, 0.6) is 0 Å². The first-order valence-corrected chi connectivity index (χ1v) is 9.09. The number of carbonyl (C=O) groups excluding carboxylic acids is 1. The van der Waals surface area contributed by atoms with E-state index >= 15 is 0 Å². The Kier molecular flexibility index (Phi) is 4.42. The fourth-order valence-corrected chi connectivity index (χ4v) is 3.29. The number of hydrogen-bond acceptors (Lipinski definition) is 5. The Morgan fingerprint density at radius 2 is 2.04 bits per heavy atom. The summed E-state index contributed by atoms with van der Waals surface area (Å²) in [6, 6.07) is 5.49. The average molecular weight is 378 g/mol. The third kappa shape index (κ3) is 2.94. The highest BCUT2D eigenvalue weighted by Crippen LogP contribution is 2.23. The number of aromatic nitrogens is 7. The molecule has 0 saturated heterocycles. The second-order valence-electron chi connectivity index (χ2n) is 6.70. The topological polar surface area (TPSA) is 86.1 Å². The van der Waals surface area contributed by atoms with E-state index in [1.54, 1.807) is 39.6 Å². The third-order valence-corrected chi connectivity index (χ3v) is 4.92. The van der Waals surface area contributed by atoms with Gasteiger partial charge in [-0.15, -0.1) is 0 Å². The molecule has 28 heavy (non-hydrogen) atoms. The largest absolute Gasteiger partial charge is 0.334 e. The summed E-state index contributed by atoms with van der Waals surface area (Å²) in [4.78, 5) is 18.9. The number of aryl methyl sites for hydroxylation is 2. The minimum atomic E-state index is -0.168. The van der Waals surface area contributed by atoms with Crippen LogP contribution in [0.4, 0.5) is 0 Å². The molecule has 0 aromatic carbocycles. The quantitative estimate of drug-likeness (QED) is 0.530. The molecule has 0 atom stereocenters. The second-order valence-corrected chi connectivity index (χ2v) is 6.70. The Hall–Kier alpha value is -3.49. The molecular formula is C19H22N8O. The lowest BCUT2D eigenvalue weighted by Crippen LogP contribution is -2.27. The van der Waals surface area contributed by atoms with Gasteiger partial charge in [-0.3, -0.25) is 14.2 Å². The number of fused-ring (bicyclic) bond motifs is 1. The van der Waals surface area contributed by atoms with Crippen LogP contribution in [0.25, 0.3) is 16.9 Å². The molecular weight excluding hydrogens is 356 g/mol. The first-order chi connectivity index (χ1) is 13.5. The van der Waals surface area contributed by atoms with Crippen molar-refractivity contribution in [3.05, 3.63) is 53.9 Å². The van der Waals surface area contributed by atoms with Crippen molar-refractivity contribution in [3.63, 3.8) is 0 Å². The fourth-order valence-electron chi connectivity index (χ4n) is 3.29. The van der Waals surface area contributed by atoms with Crippen LogP contribution in [0.2, 0.25) is 0 Å². The molecule has 0 radical (unpaired) electrons. The van der Waals surface area contributed by atoms with Crippen LogP contribution in [-0.4, -0.2) is 52.0 Å². The minimum Gasteiger partial charge on any atom is -0.334 e. The number of carbonyl (C=O) groups is 1. The number of hydrogen-bond donors (Lipinski definition) is 0. The normalized spacial score (nSPS) is 11.3. The van der Waals surface area contributed by atoms with Gasteiger partial charge in [0.05, 0.1) is 24.1 Å². The predicted molar refractivity (Wildman–Crippen MR) is 104 cm³/mol. The second kappa shape index (κ2) is 6.91. The summed E-state index contributed by atoms with van der Waals surface area (Å²) in [5.74, 6) is -0.168. The predicted octanol–water partition coefficient (Wildman–Crippen LogP) is 1.93.